The van der Waals surface area contributed by atoms with Crippen molar-refractivity contribution in [2.45, 2.75) is 32.5 Å². The van der Waals surface area contributed by atoms with Gasteiger partial charge in [0, 0.05) is 36.9 Å². The minimum atomic E-state index is -4.94. The normalized spacial score (nSPS) is 12.3. The zero-order valence-corrected chi connectivity index (χ0v) is 24.7. The van der Waals surface area contributed by atoms with Gasteiger partial charge >= 0.3 is 12.5 Å². The molecule has 1 unspecified atom stereocenters. The molecule has 0 aliphatic carbocycles. The van der Waals surface area contributed by atoms with Gasteiger partial charge in [0.2, 0.25) is 0 Å². The Labute approximate surface area is 265 Å². The highest BCUT2D eigenvalue weighted by Crippen LogP contribution is 2.33. The van der Waals surface area contributed by atoms with Gasteiger partial charge in [0.15, 0.2) is 6.10 Å². The molecule has 0 fully saturated rings. The van der Waals surface area contributed by atoms with Crippen molar-refractivity contribution in [3.8, 4) is 17.2 Å². The predicted octanol–water partition coefficient (Wildman–Crippen LogP) is 7.09. The highest BCUT2D eigenvalue weighted by molar-refractivity contribution is 6.02. The highest BCUT2D eigenvalue weighted by atomic mass is 19.4. The quantitative estimate of drug-likeness (QED) is 0.0948. The van der Waals surface area contributed by atoms with E-state index in [0.29, 0.717) is 11.1 Å². The maximum Gasteiger partial charge on any atom is 0.573 e. The van der Waals surface area contributed by atoms with Gasteiger partial charge in [-0.1, -0.05) is 60.7 Å². The van der Waals surface area contributed by atoms with Crippen molar-refractivity contribution in [1.29, 1.82) is 0 Å². The maximum absolute atomic E-state index is 15.1. The van der Waals surface area contributed by atoms with E-state index in [1.165, 1.54) is 19.1 Å². The van der Waals surface area contributed by atoms with Crippen molar-refractivity contribution in [2.75, 3.05) is 6.61 Å². The number of ether oxygens (including phenoxy) is 4. The van der Waals surface area contributed by atoms with Crippen LogP contribution in [0.5, 0.6) is 17.2 Å². The van der Waals surface area contributed by atoms with E-state index in [9.17, 15) is 22.8 Å². The molecule has 0 heterocycles. The highest BCUT2D eigenvalue weighted by Gasteiger charge is 2.31. The first-order valence-corrected chi connectivity index (χ1v) is 14.0. The van der Waals surface area contributed by atoms with Crippen molar-refractivity contribution in [1.82, 2.24) is 5.32 Å². The van der Waals surface area contributed by atoms with Gasteiger partial charge in [-0.25, -0.2) is 13.6 Å². The van der Waals surface area contributed by atoms with Crippen molar-refractivity contribution < 1.29 is 50.5 Å². The number of halogens is 5. The third-order valence-electron chi connectivity index (χ3n) is 6.29. The number of hydrogen-bond acceptors (Lipinski definition) is 6. The number of aliphatic imine (C=N–C) groups is 1. The molecule has 4 aromatic rings. The lowest BCUT2D eigenvalue weighted by atomic mass is 10.1. The molecule has 0 radical (unpaired) electrons. The zero-order valence-electron chi connectivity index (χ0n) is 24.7. The molecule has 1 atom stereocenters. The molecule has 9 nitrogen and oxygen atoms in total. The topological polar surface area (TPSA) is 121 Å². The standard InChI is InChI=1S/C33H28F5N3O6/c1-2-44-29(28-26(34)16-25(17-27(28)35)46-23-9-6-10-24(15-23)47-33(36,37)38)31(42)40-18-20-11-13-22(14-12-20)30(39)41-32(43)45-19-21-7-4-3-5-8-21/h3-17,29H,2,18-19H2,1H3,(H,40,42)(H2,39,41,43). The van der Waals surface area contributed by atoms with Crippen LogP contribution in [0.3, 0.4) is 0 Å². The predicted molar refractivity (Wildman–Crippen MR) is 160 cm³/mol. The summed E-state index contributed by atoms with van der Waals surface area (Å²) in [6.45, 7) is 1.44. The fourth-order valence-electron chi connectivity index (χ4n) is 4.19. The smallest absolute Gasteiger partial charge is 0.457 e. The van der Waals surface area contributed by atoms with E-state index in [1.54, 1.807) is 48.5 Å². The minimum absolute atomic E-state index is 0.0299. The molecular weight excluding hydrogens is 629 g/mol. The Morgan fingerprint density at radius 1 is 0.851 bits per heavy atom. The molecule has 0 spiro atoms. The molecule has 0 aliphatic heterocycles. The summed E-state index contributed by atoms with van der Waals surface area (Å²) in [5, 5.41) is 2.56. The zero-order chi connectivity index (χ0) is 34.0. The van der Waals surface area contributed by atoms with Gasteiger partial charge in [-0.2, -0.15) is 4.99 Å². The van der Waals surface area contributed by atoms with Gasteiger partial charge in [-0.3, -0.25) is 4.79 Å². The Morgan fingerprint density at radius 3 is 2.15 bits per heavy atom. The monoisotopic (exact) mass is 657 g/mol. The Hall–Kier alpha value is -5.50. The number of rotatable bonds is 12. The summed E-state index contributed by atoms with van der Waals surface area (Å²) in [5.41, 5.74) is 7.01. The molecule has 3 N–H and O–H groups in total. The number of nitrogens with zero attached hydrogens (tertiary/aromatic N) is 1. The average molecular weight is 658 g/mol. The van der Waals surface area contributed by atoms with Crippen LogP contribution in [0.15, 0.2) is 96.0 Å². The molecule has 0 aliphatic rings. The SMILES string of the molecule is CCOC(C(=O)NCc1ccc(/C(N)=N/C(=O)OCc2ccccc2)cc1)c1c(F)cc(Oc2cccc(OC(F)(F)F)c2)cc1F. The van der Waals surface area contributed by atoms with Gasteiger partial charge in [0.1, 0.15) is 41.3 Å². The van der Waals surface area contributed by atoms with Crippen molar-refractivity contribution in [3.63, 3.8) is 0 Å². The lowest BCUT2D eigenvalue weighted by molar-refractivity contribution is -0.274. The Balaban J connectivity index is 1.38. The fraction of sp³-hybridized carbons (Fsp3) is 0.182. The van der Waals surface area contributed by atoms with E-state index < -0.39 is 47.4 Å². The second kappa shape index (κ2) is 15.7. The summed E-state index contributed by atoms with van der Waals surface area (Å²) in [7, 11) is 0. The summed E-state index contributed by atoms with van der Waals surface area (Å²) in [5.74, 6) is -4.45. The molecule has 0 aromatic heterocycles. The summed E-state index contributed by atoms with van der Waals surface area (Å²) in [6.07, 6.45) is -7.49. The summed E-state index contributed by atoms with van der Waals surface area (Å²) >= 11 is 0. The first-order valence-electron chi connectivity index (χ1n) is 14.0. The van der Waals surface area contributed by atoms with Crippen LogP contribution in [0.4, 0.5) is 26.7 Å². The van der Waals surface area contributed by atoms with Crippen molar-refractivity contribution in [3.05, 3.63) is 125 Å². The second-order valence-corrected chi connectivity index (χ2v) is 9.71. The number of carbonyl (C=O) groups excluding carboxylic acids is 2. The van der Waals surface area contributed by atoms with Gasteiger partial charge in [-0.15, -0.1) is 13.2 Å². The molecule has 4 aromatic carbocycles. The van der Waals surface area contributed by atoms with Crippen molar-refractivity contribution in [2.24, 2.45) is 10.7 Å². The first kappa shape index (κ1) is 34.4. The van der Waals surface area contributed by atoms with Gasteiger partial charge in [0.25, 0.3) is 5.91 Å². The summed E-state index contributed by atoms with van der Waals surface area (Å²) < 4.78 is 87.5. The maximum atomic E-state index is 15.1. The molecule has 246 valence electrons. The number of alkyl halides is 3. The van der Waals surface area contributed by atoms with E-state index in [4.69, 9.17) is 19.9 Å². The van der Waals surface area contributed by atoms with E-state index in [2.05, 4.69) is 15.0 Å². The number of nitrogens with two attached hydrogens (primary N) is 1. The molecule has 0 bridgehead atoms. The van der Waals surface area contributed by atoms with Crippen LogP contribution in [-0.4, -0.2) is 30.8 Å². The fourth-order valence-corrected chi connectivity index (χ4v) is 4.19. The largest absolute Gasteiger partial charge is 0.573 e. The Kier molecular flexibility index (Phi) is 11.5. The summed E-state index contributed by atoms with van der Waals surface area (Å²) in [4.78, 5) is 28.8. The number of hydrogen-bond donors (Lipinski definition) is 2. The van der Waals surface area contributed by atoms with E-state index in [1.807, 2.05) is 6.07 Å². The molecule has 4 rings (SSSR count). The molecule has 0 saturated carbocycles. The van der Waals surface area contributed by atoms with Crippen LogP contribution in [0, 0.1) is 11.6 Å². The molecule has 0 saturated heterocycles. The lowest BCUT2D eigenvalue weighted by Crippen LogP contribution is -2.31. The number of amidine groups is 1. The number of nitrogens with one attached hydrogen (secondary N) is 1. The first-order chi connectivity index (χ1) is 22.4. The van der Waals surface area contributed by atoms with Crippen molar-refractivity contribution >= 4 is 17.8 Å². The Morgan fingerprint density at radius 2 is 1.51 bits per heavy atom. The number of amides is 2. The van der Waals surface area contributed by atoms with E-state index in [-0.39, 0.29) is 37.1 Å². The average Bonchev–Trinajstić information content (AvgIpc) is 3.02. The van der Waals surface area contributed by atoms with Crippen LogP contribution in [0.1, 0.15) is 35.3 Å². The van der Waals surface area contributed by atoms with Gasteiger partial charge < -0.3 is 30.0 Å². The number of benzene rings is 4. The van der Waals surface area contributed by atoms with E-state index in [0.717, 1.165) is 29.8 Å². The van der Waals surface area contributed by atoms with E-state index >= 15 is 8.78 Å². The molecule has 47 heavy (non-hydrogen) atoms. The van der Waals surface area contributed by atoms with Gasteiger partial charge in [0.05, 0.1) is 5.56 Å². The Bertz CT molecular complexity index is 1690. The molecule has 14 heteroatoms. The van der Waals surface area contributed by atoms with Crippen LogP contribution >= 0.6 is 0 Å². The molecule has 2 amide bonds. The van der Waals surface area contributed by atoms with Crippen LogP contribution in [-0.2, 0) is 27.4 Å². The van der Waals surface area contributed by atoms with Crippen LogP contribution in [0.2, 0.25) is 0 Å². The van der Waals surface area contributed by atoms with Gasteiger partial charge in [-0.05, 0) is 30.2 Å². The second-order valence-electron chi connectivity index (χ2n) is 9.71. The minimum Gasteiger partial charge on any atom is -0.457 e. The van der Waals surface area contributed by atoms with Crippen LogP contribution < -0.4 is 20.5 Å². The summed E-state index contributed by atoms with van der Waals surface area (Å²) in [6, 6.07) is 21.3. The van der Waals surface area contributed by atoms with Crippen LogP contribution in [0.25, 0.3) is 0 Å². The third kappa shape index (κ3) is 10.3. The molecular formula is C33H28F5N3O6. The number of carbonyl (C=O) groups is 2. The lowest BCUT2D eigenvalue weighted by Gasteiger charge is -2.19. The third-order valence-corrected chi connectivity index (χ3v) is 6.29.